The number of hydrogen-bond acceptors (Lipinski definition) is 3. The highest BCUT2D eigenvalue weighted by Crippen LogP contribution is 2.08. The van der Waals surface area contributed by atoms with Crippen LogP contribution in [-0.4, -0.2) is 28.3 Å². The summed E-state index contributed by atoms with van der Waals surface area (Å²) in [6.07, 6.45) is 0.974. The predicted molar refractivity (Wildman–Crippen MR) is 67.1 cm³/mol. The van der Waals surface area contributed by atoms with Crippen LogP contribution in [0.15, 0.2) is 6.07 Å². The van der Waals surface area contributed by atoms with E-state index in [1.54, 1.807) is 6.92 Å². The number of Topliss-reactive ketones (excluding diaryl/α,β-unsaturated/α-hetero) is 1. The molecule has 1 unspecified atom stereocenters. The molecule has 0 N–H and O–H groups in total. The molecule has 1 heterocycles. The molecule has 17 heavy (non-hydrogen) atoms. The summed E-state index contributed by atoms with van der Waals surface area (Å²) < 4.78 is 7.20. The van der Waals surface area contributed by atoms with Crippen LogP contribution in [0.4, 0.5) is 0 Å². The van der Waals surface area contributed by atoms with E-state index in [-0.39, 0.29) is 11.9 Å². The molecule has 0 saturated carbocycles. The topological polar surface area (TPSA) is 44.1 Å². The number of aryl methyl sites for hydroxylation is 2. The summed E-state index contributed by atoms with van der Waals surface area (Å²) in [5, 5.41) is 4.43. The Labute approximate surface area is 103 Å². The van der Waals surface area contributed by atoms with Gasteiger partial charge in [0.25, 0.3) is 0 Å². The molecule has 0 aliphatic rings. The molecular formula is C13H22N2O2. The first-order valence-electron chi connectivity index (χ1n) is 6.32. The summed E-state index contributed by atoms with van der Waals surface area (Å²) in [6, 6.07) is 2.01. The lowest BCUT2D eigenvalue weighted by atomic mass is 10.1. The third-order valence-electron chi connectivity index (χ3n) is 2.80. The summed E-state index contributed by atoms with van der Waals surface area (Å²) >= 11 is 0. The number of rotatable bonds is 7. The van der Waals surface area contributed by atoms with E-state index in [1.165, 1.54) is 0 Å². The fraction of sp³-hybridized carbons (Fsp3) is 0.692. The molecule has 96 valence electrons. The Kier molecular flexibility index (Phi) is 5.35. The van der Waals surface area contributed by atoms with Crippen molar-refractivity contribution in [3.63, 3.8) is 0 Å². The normalized spacial score (nSPS) is 12.7. The largest absolute Gasteiger partial charge is 0.371 e. The maximum absolute atomic E-state index is 11.9. The van der Waals surface area contributed by atoms with E-state index in [2.05, 4.69) is 12.0 Å². The van der Waals surface area contributed by atoms with Crippen molar-refractivity contribution in [2.45, 2.75) is 53.2 Å². The second-order valence-electron chi connectivity index (χ2n) is 4.04. The summed E-state index contributed by atoms with van der Waals surface area (Å²) in [5.74, 6) is 0.115. The zero-order valence-electron chi connectivity index (χ0n) is 11.2. The van der Waals surface area contributed by atoms with Crippen molar-refractivity contribution < 1.29 is 9.53 Å². The van der Waals surface area contributed by atoms with Crippen LogP contribution in [0.5, 0.6) is 0 Å². The van der Waals surface area contributed by atoms with Gasteiger partial charge in [-0.15, -0.1) is 0 Å². The lowest BCUT2D eigenvalue weighted by Gasteiger charge is -2.10. The van der Waals surface area contributed by atoms with Crippen molar-refractivity contribution in [2.75, 3.05) is 6.61 Å². The third-order valence-corrected chi connectivity index (χ3v) is 2.80. The molecule has 1 aromatic rings. The molecule has 1 atom stereocenters. The zero-order chi connectivity index (χ0) is 12.8. The van der Waals surface area contributed by atoms with Gasteiger partial charge in [0, 0.05) is 18.8 Å². The molecule has 0 amide bonds. The van der Waals surface area contributed by atoms with Crippen molar-refractivity contribution in [3.05, 3.63) is 17.5 Å². The van der Waals surface area contributed by atoms with E-state index in [0.29, 0.717) is 13.0 Å². The Balaban J connectivity index is 2.73. The summed E-state index contributed by atoms with van der Waals surface area (Å²) in [4.78, 5) is 11.9. The minimum atomic E-state index is -0.328. The standard InChI is InChI=1S/C13H22N2O2/c1-5-11-8-12(15(6-2)14-11)9-13(16)10(4)17-7-3/h8,10H,5-7,9H2,1-4H3. The lowest BCUT2D eigenvalue weighted by molar-refractivity contribution is -0.128. The molecule has 0 spiro atoms. The van der Waals surface area contributed by atoms with E-state index in [4.69, 9.17) is 4.74 Å². The highest BCUT2D eigenvalue weighted by Gasteiger charge is 2.16. The Hall–Kier alpha value is -1.16. The van der Waals surface area contributed by atoms with Gasteiger partial charge in [-0.05, 0) is 33.3 Å². The smallest absolute Gasteiger partial charge is 0.167 e. The van der Waals surface area contributed by atoms with Crippen molar-refractivity contribution in [3.8, 4) is 0 Å². The summed E-state index contributed by atoms with van der Waals surface area (Å²) in [5.41, 5.74) is 2.03. The number of ether oxygens (including phenoxy) is 1. The molecule has 0 bridgehead atoms. The predicted octanol–water partition coefficient (Wildman–Crippen LogP) is 2.00. The van der Waals surface area contributed by atoms with Crippen LogP contribution in [-0.2, 0) is 28.9 Å². The zero-order valence-corrected chi connectivity index (χ0v) is 11.2. The summed E-state index contributed by atoms with van der Waals surface area (Å²) in [7, 11) is 0. The number of carbonyl (C=O) groups excluding carboxylic acids is 1. The van der Waals surface area contributed by atoms with Gasteiger partial charge in [-0.25, -0.2) is 0 Å². The van der Waals surface area contributed by atoms with Gasteiger partial charge in [-0.3, -0.25) is 9.48 Å². The number of hydrogen-bond donors (Lipinski definition) is 0. The van der Waals surface area contributed by atoms with Gasteiger partial charge in [0.1, 0.15) is 6.10 Å². The van der Waals surface area contributed by atoms with Gasteiger partial charge in [0.2, 0.25) is 0 Å². The first kappa shape index (κ1) is 13.9. The van der Waals surface area contributed by atoms with Gasteiger partial charge in [0.15, 0.2) is 5.78 Å². The summed E-state index contributed by atoms with van der Waals surface area (Å²) in [6.45, 7) is 9.17. The molecule has 1 aromatic heterocycles. The van der Waals surface area contributed by atoms with Crippen LogP contribution >= 0.6 is 0 Å². The number of carbonyl (C=O) groups is 1. The molecule has 4 heteroatoms. The number of aromatic nitrogens is 2. The first-order chi connectivity index (χ1) is 8.12. The minimum Gasteiger partial charge on any atom is -0.371 e. The fourth-order valence-corrected chi connectivity index (χ4v) is 1.77. The van der Waals surface area contributed by atoms with Crippen LogP contribution in [0, 0.1) is 0 Å². The van der Waals surface area contributed by atoms with Crippen molar-refractivity contribution in [2.24, 2.45) is 0 Å². The fourth-order valence-electron chi connectivity index (χ4n) is 1.77. The Morgan fingerprint density at radius 2 is 2.18 bits per heavy atom. The molecule has 0 aromatic carbocycles. The van der Waals surface area contributed by atoms with Crippen molar-refractivity contribution in [1.29, 1.82) is 0 Å². The molecular weight excluding hydrogens is 216 g/mol. The van der Waals surface area contributed by atoms with Gasteiger partial charge >= 0.3 is 0 Å². The molecule has 0 aliphatic carbocycles. The molecule has 0 radical (unpaired) electrons. The number of ketones is 1. The van der Waals surface area contributed by atoms with Crippen LogP contribution < -0.4 is 0 Å². The van der Waals surface area contributed by atoms with Gasteiger partial charge < -0.3 is 4.74 Å². The van der Waals surface area contributed by atoms with Crippen molar-refractivity contribution in [1.82, 2.24) is 9.78 Å². The maximum atomic E-state index is 11.9. The maximum Gasteiger partial charge on any atom is 0.167 e. The van der Waals surface area contributed by atoms with E-state index in [9.17, 15) is 4.79 Å². The quantitative estimate of drug-likeness (QED) is 0.729. The molecule has 0 fully saturated rings. The van der Waals surface area contributed by atoms with Crippen LogP contribution in [0.25, 0.3) is 0 Å². The molecule has 0 aliphatic heterocycles. The van der Waals surface area contributed by atoms with E-state index in [1.807, 2.05) is 24.6 Å². The van der Waals surface area contributed by atoms with E-state index < -0.39 is 0 Å². The van der Waals surface area contributed by atoms with Gasteiger partial charge in [-0.2, -0.15) is 5.10 Å². The van der Waals surface area contributed by atoms with Crippen LogP contribution in [0.2, 0.25) is 0 Å². The lowest BCUT2D eigenvalue weighted by Crippen LogP contribution is -2.23. The molecule has 0 saturated heterocycles. The average molecular weight is 238 g/mol. The third kappa shape index (κ3) is 3.66. The van der Waals surface area contributed by atoms with E-state index >= 15 is 0 Å². The Bertz CT molecular complexity index is 371. The SMILES string of the molecule is CCOC(C)C(=O)Cc1cc(CC)nn1CC. The highest BCUT2D eigenvalue weighted by molar-refractivity contribution is 5.84. The van der Waals surface area contributed by atoms with Crippen LogP contribution in [0.3, 0.4) is 0 Å². The molecule has 4 nitrogen and oxygen atoms in total. The monoisotopic (exact) mass is 238 g/mol. The van der Waals surface area contributed by atoms with Crippen LogP contribution in [0.1, 0.15) is 39.1 Å². The number of nitrogens with zero attached hydrogens (tertiary/aromatic N) is 2. The van der Waals surface area contributed by atoms with E-state index in [0.717, 1.165) is 24.4 Å². The second kappa shape index (κ2) is 6.55. The Morgan fingerprint density at radius 1 is 1.47 bits per heavy atom. The minimum absolute atomic E-state index is 0.115. The second-order valence-corrected chi connectivity index (χ2v) is 4.04. The Morgan fingerprint density at radius 3 is 2.71 bits per heavy atom. The first-order valence-corrected chi connectivity index (χ1v) is 6.32. The highest BCUT2D eigenvalue weighted by atomic mass is 16.5. The molecule has 1 rings (SSSR count). The van der Waals surface area contributed by atoms with Gasteiger partial charge in [-0.1, -0.05) is 6.92 Å². The van der Waals surface area contributed by atoms with Gasteiger partial charge in [0.05, 0.1) is 12.1 Å². The van der Waals surface area contributed by atoms with Crippen molar-refractivity contribution >= 4 is 5.78 Å². The average Bonchev–Trinajstić information content (AvgIpc) is 2.71.